The van der Waals surface area contributed by atoms with Crippen LogP contribution in [-0.4, -0.2) is 39.7 Å². The minimum Gasteiger partial charge on any atom is -0.342 e. The number of aryl methyl sites for hydroxylation is 2. The fraction of sp³-hybridized carbons (Fsp3) is 0.565. The fourth-order valence-corrected chi connectivity index (χ4v) is 4.09. The van der Waals surface area contributed by atoms with Crippen molar-refractivity contribution in [3.63, 3.8) is 0 Å². The molecule has 0 bridgehead atoms. The molecule has 1 saturated heterocycles. The zero-order valence-electron chi connectivity index (χ0n) is 18.4. The topological polar surface area (TPSA) is 64.2 Å². The maximum Gasteiger partial charge on any atom is 0.222 e. The van der Waals surface area contributed by atoms with Crippen LogP contribution in [0.3, 0.4) is 0 Å². The largest absolute Gasteiger partial charge is 0.342 e. The van der Waals surface area contributed by atoms with Crippen molar-refractivity contribution < 1.29 is 4.79 Å². The molecule has 29 heavy (non-hydrogen) atoms. The lowest BCUT2D eigenvalue weighted by Gasteiger charge is -2.42. The third-order valence-electron chi connectivity index (χ3n) is 6.24. The Labute approximate surface area is 181 Å². The van der Waals surface area contributed by atoms with Crippen molar-refractivity contribution >= 4 is 18.3 Å². The van der Waals surface area contributed by atoms with E-state index < -0.39 is 0 Å². The van der Waals surface area contributed by atoms with Crippen LogP contribution in [0.1, 0.15) is 54.8 Å². The summed E-state index contributed by atoms with van der Waals surface area (Å²) in [5.74, 6) is 0.227. The summed E-state index contributed by atoms with van der Waals surface area (Å²) in [6.07, 6.45) is 2.15. The maximum absolute atomic E-state index is 12.8. The Morgan fingerprint density at radius 1 is 1.21 bits per heavy atom. The number of amides is 1. The molecule has 5 nitrogen and oxygen atoms in total. The van der Waals surface area contributed by atoms with E-state index in [1.54, 1.807) is 0 Å². The van der Waals surface area contributed by atoms with Crippen molar-refractivity contribution in [2.45, 2.75) is 66.5 Å². The molecule has 0 saturated carbocycles. The monoisotopic (exact) mass is 418 g/mol. The highest BCUT2D eigenvalue weighted by atomic mass is 35.5. The first-order valence-corrected chi connectivity index (χ1v) is 10.3. The van der Waals surface area contributed by atoms with Crippen LogP contribution < -0.4 is 5.73 Å². The molecule has 0 aliphatic carbocycles. The number of benzene rings is 1. The molecule has 0 spiro atoms. The van der Waals surface area contributed by atoms with Gasteiger partial charge in [-0.15, -0.1) is 12.4 Å². The maximum atomic E-state index is 12.8. The van der Waals surface area contributed by atoms with E-state index in [0.717, 1.165) is 43.9 Å². The molecule has 2 heterocycles. The summed E-state index contributed by atoms with van der Waals surface area (Å²) in [5, 5.41) is 4.73. The number of carbonyl (C=O) groups excluding carboxylic acids is 1. The van der Waals surface area contributed by atoms with Gasteiger partial charge in [-0.3, -0.25) is 9.48 Å². The lowest BCUT2D eigenvalue weighted by atomic mass is 9.79. The van der Waals surface area contributed by atoms with Gasteiger partial charge >= 0.3 is 0 Å². The van der Waals surface area contributed by atoms with Crippen molar-refractivity contribution in [2.24, 2.45) is 11.1 Å². The lowest BCUT2D eigenvalue weighted by molar-refractivity contribution is -0.134. The second-order valence-corrected chi connectivity index (χ2v) is 8.99. The highest BCUT2D eigenvalue weighted by molar-refractivity contribution is 5.85. The van der Waals surface area contributed by atoms with E-state index in [-0.39, 0.29) is 29.8 Å². The molecule has 3 rings (SSSR count). The van der Waals surface area contributed by atoms with Gasteiger partial charge in [-0.1, -0.05) is 43.7 Å². The van der Waals surface area contributed by atoms with E-state index in [1.165, 1.54) is 16.7 Å². The van der Waals surface area contributed by atoms with Gasteiger partial charge in [-0.25, -0.2) is 0 Å². The van der Waals surface area contributed by atoms with Gasteiger partial charge in [0.05, 0.1) is 12.2 Å². The molecule has 1 amide bonds. The Morgan fingerprint density at radius 3 is 2.48 bits per heavy atom. The van der Waals surface area contributed by atoms with E-state index in [1.807, 2.05) is 11.8 Å². The number of nitrogens with two attached hydrogens (primary N) is 1. The van der Waals surface area contributed by atoms with Gasteiger partial charge in [0.1, 0.15) is 0 Å². The number of rotatable bonds is 5. The summed E-state index contributed by atoms with van der Waals surface area (Å²) < 4.78 is 2.06. The number of piperidine rings is 1. The summed E-state index contributed by atoms with van der Waals surface area (Å²) in [6.45, 7) is 12.8. The number of halogens is 1. The Balaban J connectivity index is 0.00000300. The average molecular weight is 419 g/mol. The minimum absolute atomic E-state index is 0. The second kappa shape index (κ2) is 9.31. The highest BCUT2D eigenvalue weighted by Crippen LogP contribution is 2.28. The Kier molecular flexibility index (Phi) is 7.52. The molecule has 1 fully saturated rings. The second-order valence-electron chi connectivity index (χ2n) is 8.99. The first-order chi connectivity index (χ1) is 13.2. The summed E-state index contributed by atoms with van der Waals surface area (Å²) in [4.78, 5) is 14.8. The van der Waals surface area contributed by atoms with Crippen molar-refractivity contribution in [2.75, 3.05) is 13.1 Å². The first kappa shape index (κ1) is 23.4. The van der Waals surface area contributed by atoms with Crippen LogP contribution in [0.25, 0.3) is 0 Å². The van der Waals surface area contributed by atoms with Gasteiger partial charge in [0, 0.05) is 31.2 Å². The van der Waals surface area contributed by atoms with E-state index in [9.17, 15) is 4.79 Å². The van der Waals surface area contributed by atoms with E-state index in [4.69, 9.17) is 10.8 Å². The summed E-state index contributed by atoms with van der Waals surface area (Å²) in [6, 6.07) is 8.73. The molecule has 1 aliphatic rings. The number of likely N-dealkylation sites (tertiary alicyclic amines) is 1. The molecule has 1 aromatic carbocycles. The van der Waals surface area contributed by atoms with Gasteiger partial charge in [-0.2, -0.15) is 5.10 Å². The molecule has 160 valence electrons. The molecule has 1 aromatic heterocycles. The van der Waals surface area contributed by atoms with Crippen molar-refractivity contribution in [1.82, 2.24) is 14.7 Å². The van der Waals surface area contributed by atoms with Crippen LogP contribution >= 0.6 is 12.4 Å². The zero-order valence-corrected chi connectivity index (χ0v) is 19.2. The van der Waals surface area contributed by atoms with Crippen molar-refractivity contribution in [3.05, 3.63) is 52.3 Å². The highest BCUT2D eigenvalue weighted by Gasteiger charge is 2.35. The number of nitrogens with zero attached hydrogens (tertiary/aromatic N) is 3. The third kappa shape index (κ3) is 5.40. The fourth-order valence-electron chi connectivity index (χ4n) is 4.09. The summed E-state index contributed by atoms with van der Waals surface area (Å²) in [7, 11) is 0. The van der Waals surface area contributed by atoms with E-state index in [0.29, 0.717) is 6.42 Å². The smallest absolute Gasteiger partial charge is 0.222 e. The normalized spacial score (nSPS) is 18.4. The molecular formula is C23H35ClN4O. The standard InChI is InChI=1S/C23H34N4O.ClH/c1-16-6-8-19(9-7-16)14-27-18(3)20(17(2)25-27)10-11-22(28)26-13-12-21(24)23(4,5)15-26;/h6-9,21H,10-15,24H2,1-5H3;1H. The first-order valence-electron chi connectivity index (χ1n) is 10.3. The van der Waals surface area contributed by atoms with Crippen molar-refractivity contribution in [1.29, 1.82) is 0 Å². The Morgan fingerprint density at radius 2 is 1.86 bits per heavy atom. The molecular weight excluding hydrogens is 384 g/mol. The summed E-state index contributed by atoms with van der Waals surface area (Å²) >= 11 is 0. The van der Waals surface area contributed by atoms with Crippen LogP contribution in [0.5, 0.6) is 0 Å². The summed E-state index contributed by atoms with van der Waals surface area (Å²) in [5.41, 5.74) is 12.1. The van der Waals surface area contributed by atoms with Crippen LogP contribution in [-0.2, 0) is 17.8 Å². The van der Waals surface area contributed by atoms with Crippen LogP contribution in [0.15, 0.2) is 24.3 Å². The number of carbonyl (C=O) groups is 1. The molecule has 1 unspecified atom stereocenters. The zero-order chi connectivity index (χ0) is 20.5. The molecule has 0 radical (unpaired) electrons. The van der Waals surface area contributed by atoms with Crippen LogP contribution in [0.2, 0.25) is 0 Å². The number of aromatic nitrogens is 2. The Hall–Kier alpha value is -1.85. The molecule has 2 N–H and O–H groups in total. The number of hydrogen-bond donors (Lipinski definition) is 1. The Bertz CT molecular complexity index is 841. The number of hydrogen-bond acceptors (Lipinski definition) is 3. The quantitative estimate of drug-likeness (QED) is 0.803. The predicted octanol–water partition coefficient (Wildman–Crippen LogP) is 3.80. The van der Waals surface area contributed by atoms with Gasteiger partial charge in [-0.05, 0) is 50.2 Å². The third-order valence-corrected chi connectivity index (χ3v) is 6.24. The van der Waals surface area contributed by atoms with E-state index >= 15 is 0 Å². The SMILES string of the molecule is Cc1ccc(Cn2nc(C)c(CCC(=O)N3CCC(N)C(C)(C)C3)c2C)cc1.Cl. The average Bonchev–Trinajstić information content (AvgIpc) is 2.90. The van der Waals surface area contributed by atoms with E-state index in [2.05, 4.69) is 56.6 Å². The predicted molar refractivity (Wildman–Crippen MR) is 121 cm³/mol. The molecule has 2 aromatic rings. The van der Waals surface area contributed by atoms with Crippen molar-refractivity contribution in [3.8, 4) is 0 Å². The van der Waals surface area contributed by atoms with Crippen LogP contribution in [0.4, 0.5) is 0 Å². The van der Waals surface area contributed by atoms with Crippen LogP contribution in [0, 0.1) is 26.2 Å². The molecule has 1 atom stereocenters. The van der Waals surface area contributed by atoms with Gasteiger partial charge < -0.3 is 10.6 Å². The van der Waals surface area contributed by atoms with Gasteiger partial charge in [0.25, 0.3) is 0 Å². The lowest BCUT2D eigenvalue weighted by Crippen LogP contribution is -2.54. The molecule has 1 aliphatic heterocycles. The van der Waals surface area contributed by atoms with Gasteiger partial charge in [0.2, 0.25) is 5.91 Å². The van der Waals surface area contributed by atoms with Gasteiger partial charge in [0.15, 0.2) is 0 Å². The molecule has 6 heteroatoms. The minimum atomic E-state index is -0.0152.